The molecule has 0 saturated carbocycles. The third kappa shape index (κ3) is 3.17. The zero-order valence-electron chi connectivity index (χ0n) is 12.7. The molecule has 0 spiro atoms. The Morgan fingerprint density at radius 1 is 0.773 bits per heavy atom. The van der Waals surface area contributed by atoms with Gasteiger partial charge in [0.25, 0.3) is 0 Å². The fourth-order valence-corrected chi connectivity index (χ4v) is 2.51. The number of aryl methyl sites for hydroxylation is 2. The third-order valence-corrected chi connectivity index (χ3v) is 3.65. The van der Waals surface area contributed by atoms with Crippen LogP contribution in [0, 0.1) is 0 Å². The summed E-state index contributed by atoms with van der Waals surface area (Å²) in [4.78, 5) is 22.6. The molecule has 0 atom stereocenters. The van der Waals surface area contributed by atoms with Crippen LogP contribution in [0.25, 0.3) is 0 Å². The van der Waals surface area contributed by atoms with Crippen molar-refractivity contribution in [1.82, 2.24) is 0 Å². The third-order valence-electron chi connectivity index (χ3n) is 3.65. The van der Waals surface area contributed by atoms with Crippen LogP contribution in [0.15, 0.2) is 36.4 Å². The highest BCUT2D eigenvalue weighted by atomic mass is 16.5. The van der Waals surface area contributed by atoms with Crippen molar-refractivity contribution in [2.75, 3.05) is 14.2 Å². The van der Waals surface area contributed by atoms with Crippen molar-refractivity contribution < 1.29 is 19.1 Å². The molecule has 0 aliphatic rings. The first-order chi connectivity index (χ1) is 10.7. The molecule has 4 nitrogen and oxygen atoms in total. The first-order valence-corrected chi connectivity index (χ1v) is 6.97. The predicted molar refractivity (Wildman–Crippen MR) is 84.2 cm³/mol. The summed E-state index contributed by atoms with van der Waals surface area (Å²) in [5.41, 5.74) is 2.91. The molecule has 4 heteroatoms. The summed E-state index contributed by atoms with van der Waals surface area (Å²) in [6, 6.07) is 11.0. The standard InChI is InChI=1S/C18H18O4/c1-21-17-7-3-5-13(15(17)11-19)9-10-14-6-4-8-18(22-2)16(14)12-20/h3-8,11-12H,9-10H2,1-2H3. The molecular weight excluding hydrogens is 280 g/mol. The Bertz CT molecular complexity index is 617. The normalized spacial score (nSPS) is 10.1. The number of carbonyl (C=O) groups is 2. The predicted octanol–water partition coefficient (Wildman–Crippen LogP) is 3.11. The topological polar surface area (TPSA) is 52.6 Å². The lowest BCUT2D eigenvalue weighted by Crippen LogP contribution is -2.02. The van der Waals surface area contributed by atoms with Crippen LogP contribution in [0.4, 0.5) is 0 Å². The number of hydrogen-bond donors (Lipinski definition) is 0. The molecule has 0 amide bonds. The molecule has 114 valence electrons. The van der Waals surface area contributed by atoms with Crippen molar-refractivity contribution in [2.24, 2.45) is 0 Å². The van der Waals surface area contributed by atoms with Gasteiger partial charge in [0, 0.05) is 0 Å². The van der Waals surface area contributed by atoms with Crippen molar-refractivity contribution in [1.29, 1.82) is 0 Å². The molecule has 2 aromatic rings. The van der Waals surface area contributed by atoms with Crippen LogP contribution in [0.3, 0.4) is 0 Å². The highest BCUT2D eigenvalue weighted by Gasteiger charge is 2.11. The summed E-state index contributed by atoms with van der Waals surface area (Å²) >= 11 is 0. The average Bonchev–Trinajstić information content (AvgIpc) is 2.58. The minimum Gasteiger partial charge on any atom is -0.496 e. The highest BCUT2D eigenvalue weighted by molar-refractivity contribution is 5.82. The highest BCUT2D eigenvalue weighted by Crippen LogP contribution is 2.24. The second-order valence-corrected chi connectivity index (χ2v) is 4.80. The zero-order valence-corrected chi connectivity index (χ0v) is 12.7. The molecule has 22 heavy (non-hydrogen) atoms. The van der Waals surface area contributed by atoms with E-state index in [1.807, 2.05) is 24.3 Å². The van der Waals surface area contributed by atoms with Crippen LogP contribution in [-0.4, -0.2) is 26.8 Å². The molecule has 2 aromatic carbocycles. The molecule has 0 bridgehead atoms. The molecule has 0 saturated heterocycles. The fourth-order valence-electron chi connectivity index (χ4n) is 2.51. The summed E-state index contributed by atoms with van der Waals surface area (Å²) < 4.78 is 10.4. The van der Waals surface area contributed by atoms with Crippen molar-refractivity contribution in [2.45, 2.75) is 12.8 Å². The number of ether oxygens (including phenoxy) is 2. The molecule has 0 aromatic heterocycles. The maximum absolute atomic E-state index is 11.3. The van der Waals surface area contributed by atoms with Crippen molar-refractivity contribution >= 4 is 12.6 Å². The molecular formula is C18H18O4. The minimum atomic E-state index is 0.556. The van der Waals surface area contributed by atoms with Gasteiger partial charge in [0.2, 0.25) is 0 Å². The van der Waals surface area contributed by atoms with Gasteiger partial charge in [0.15, 0.2) is 12.6 Å². The number of benzene rings is 2. The maximum Gasteiger partial charge on any atom is 0.154 e. The van der Waals surface area contributed by atoms with Gasteiger partial charge in [-0.05, 0) is 36.1 Å². The van der Waals surface area contributed by atoms with E-state index in [1.165, 1.54) is 0 Å². The second-order valence-electron chi connectivity index (χ2n) is 4.80. The Kier molecular flexibility index (Phi) is 5.31. The van der Waals surface area contributed by atoms with Crippen LogP contribution in [0.5, 0.6) is 11.5 Å². The van der Waals surface area contributed by atoms with E-state index >= 15 is 0 Å². The number of rotatable bonds is 7. The van der Waals surface area contributed by atoms with Gasteiger partial charge in [-0.25, -0.2) is 0 Å². The maximum atomic E-state index is 11.3. The molecule has 0 heterocycles. The van der Waals surface area contributed by atoms with Crippen molar-refractivity contribution in [3.05, 3.63) is 58.7 Å². The molecule has 0 aliphatic carbocycles. The summed E-state index contributed by atoms with van der Waals surface area (Å²) in [5, 5.41) is 0. The van der Waals surface area contributed by atoms with Crippen molar-refractivity contribution in [3.8, 4) is 11.5 Å². The number of aldehydes is 2. The summed E-state index contributed by atoms with van der Waals surface area (Å²) in [6.45, 7) is 0. The van der Waals surface area contributed by atoms with Gasteiger partial charge < -0.3 is 9.47 Å². The number of methoxy groups -OCH3 is 2. The Hall–Kier alpha value is -2.62. The minimum absolute atomic E-state index is 0.556. The van der Waals surface area contributed by atoms with Gasteiger partial charge in [-0.3, -0.25) is 9.59 Å². The molecule has 0 unspecified atom stereocenters. The van der Waals surface area contributed by atoms with E-state index in [1.54, 1.807) is 26.4 Å². The lowest BCUT2D eigenvalue weighted by molar-refractivity contribution is 0.111. The molecule has 0 fully saturated rings. The lowest BCUT2D eigenvalue weighted by atomic mass is 9.97. The van der Waals surface area contributed by atoms with Crippen LogP contribution in [-0.2, 0) is 12.8 Å². The Balaban J connectivity index is 2.28. The first kappa shape index (κ1) is 15.8. The number of carbonyl (C=O) groups excluding carboxylic acids is 2. The van der Waals surface area contributed by atoms with Crippen LogP contribution in [0.2, 0.25) is 0 Å². The van der Waals surface area contributed by atoms with E-state index in [0.29, 0.717) is 35.5 Å². The smallest absolute Gasteiger partial charge is 0.154 e. The van der Waals surface area contributed by atoms with Gasteiger partial charge in [0.05, 0.1) is 25.3 Å². The van der Waals surface area contributed by atoms with Gasteiger partial charge >= 0.3 is 0 Å². The monoisotopic (exact) mass is 298 g/mol. The summed E-state index contributed by atoms with van der Waals surface area (Å²) in [7, 11) is 3.08. The van der Waals surface area contributed by atoms with E-state index in [0.717, 1.165) is 23.7 Å². The van der Waals surface area contributed by atoms with E-state index in [4.69, 9.17) is 9.47 Å². The fraction of sp³-hybridized carbons (Fsp3) is 0.222. The van der Waals surface area contributed by atoms with Gasteiger partial charge in [0.1, 0.15) is 11.5 Å². The lowest BCUT2D eigenvalue weighted by Gasteiger charge is -2.11. The van der Waals surface area contributed by atoms with Crippen LogP contribution < -0.4 is 9.47 Å². The second kappa shape index (κ2) is 7.41. The average molecular weight is 298 g/mol. The summed E-state index contributed by atoms with van der Waals surface area (Å²) in [6.07, 6.45) is 2.89. The summed E-state index contributed by atoms with van der Waals surface area (Å²) in [5.74, 6) is 1.13. The van der Waals surface area contributed by atoms with E-state index in [9.17, 15) is 9.59 Å². The molecule has 0 aliphatic heterocycles. The Morgan fingerprint density at radius 2 is 1.18 bits per heavy atom. The number of hydrogen-bond acceptors (Lipinski definition) is 4. The van der Waals surface area contributed by atoms with Gasteiger partial charge in [-0.15, -0.1) is 0 Å². The quantitative estimate of drug-likeness (QED) is 0.737. The molecule has 0 N–H and O–H groups in total. The van der Waals surface area contributed by atoms with E-state index < -0.39 is 0 Å². The van der Waals surface area contributed by atoms with Crippen molar-refractivity contribution in [3.63, 3.8) is 0 Å². The van der Waals surface area contributed by atoms with Crippen LogP contribution >= 0.6 is 0 Å². The van der Waals surface area contributed by atoms with Gasteiger partial charge in [-0.2, -0.15) is 0 Å². The first-order valence-electron chi connectivity index (χ1n) is 6.97. The van der Waals surface area contributed by atoms with E-state index in [-0.39, 0.29) is 0 Å². The van der Waals surface area contributed by atoms with Crippen LogP contribution in [0.1, 0.15) is 31.8 Å². The van der Waals surface area contributed by atoms with Gasteiger partial charge in [-0.1, -0.05) is 24.3 Å². The largest absolute Gasteiger partial charge is 0.496 e. The SMILES string of the molecule is COc1cccc(CCc2cccc(OC)c2C=O)c1C=O. The molecule has 2 rings (SSSR count). The van der Waals surface area contributed by atoms with E-state index in [2.05, 4.69) is 0 Å². The Morgan fingerprint density at radius 3 is 1.50 bits per heavy atom. The Labute approximate surface area is 129 Å². The zero-order chi connectivity index (χ0) is 15.9. The molecule has 0 radical (unpaired) electrons.